The lowest BCUT2D eigenvalue weighted by atomic mass is 9.94. The van der Waals surface area contributed by atoms with Gasteiger partial charge < -0.3 is 9.64 Å². The molecule has 0 aromatic heterocycles. The summed E-state index contributed by atoms with van der Waals surface area (Å²) >= 11 is 0. The molecule has 0 saturated carbocycles. The van der Waals surface area contributed by atoms with E-state index in [1.54, 1.807) is 31.4 Å². The van der Waals surface area contributed by atoms with Crippen molar-refractivity contribution in [3.05, 3.63) is 65.2 Å². The lowest BCUT2D eigenvalue weighted by Gasteiger charge is -2.25. The highest BCUT2D eigenvalue weighted by atomic mass is 16.5. The molecule has 1 fully saturated rings. The van der Waals surface area contributed by atoms with Gasteiger partial charge in [0.2, 0.25) is 0 Å². The van der Waals surface area contributed by atoms with E-state index in [2.05, 4.69) is 18.2 Å². The van der Waals surface area contributed by atoms with E-state index < -0.39 is 0 Å². The molecule has 3 rings (SSSR count). The first-order valence-corrected chi connectivity index (χ1v) is 8.64. The molecule has 2 aromatic carbocycles. The van der Waals surface area contributed by atoms with E-state index in [-0.39, 0.29) is 5.91 Å². The van der Waals surface area contributed by atoms with Crippen molar-refractivity contribution in [2.75, 3.05) is 20.2 Å². The van der Waals surface area contributed by atoms with Gasteiger partial charge in [-0.05, 0) is 54.8 Å². The molecule has 1 saturated heterocycles. The summed E-state index contributed by atoms with van der Waals surface area (Å²) in [6, 6.07) is 17.1. The Labute approximate surface area is 148 Å². The molecule has 4 nitrogen and oxygen atoms in total. The molecule has 0 radical (unpaired) electrons. The first-order chi connectivity index (χ1) is 12.2. The fraction of sp³-hybridized carbons (Fsp3) is 0.333. The fourth-order valence-corrected chi connectivity index (χ4v) is 3.34. The van der Waals surface area contributed by atoms with Crippen molar-refractivity contribution in [1.29, 1.82) is 5.26 Å². The number of hydrogen-bond acceptors (Lipinski definition) is 3. The number of amides is 1. The van der Waals surface area contributed by atoms with Gasteiger partial charge in [0.25, 0.3) is 5.91 Å². The SMILES string of the molecule is COc1ccc(C2CCCCN(C(=O)c3ccc(C#N)cc3)C2)cc1. The molecule has 4 heteroatoms. The smallest absolute Gasteiger partial charge is 0.253 e. The van der Waals surface area contributed by atoms with Crippen molar-refractivity contribution in [1.82, 2.24) is 4.90 Å². The Morgan fingerprint density at radius 1 is 1.12 bits per heavy atom. The van der Waals surface area contributed by atoms with Crippen LogP contribution in [0.4, 0.5) is 0 Å². The van der Waals surface area contributed by atoms with Gasteiger partial charge in [-0.15, -0.1) is 0 Å². The molecule has 1 aliphatic heterocycles. The van der Waals surface area contributed by atoms with Crippen molar-refractivity contribution < 1.29 is 9.53 Å². The summed E-state index contributed by atoms with van der Waals surface area (Å²) in [6.07, 6.45) is 3.23. The van der Waals surface area contributed by atoms with Crippen LogP contribution in [0.2, 0.25) is 0 Å². The summed E-state index contributed by atoms with van der Waals surface area (Å²) in [5.74, 6) is 1.24. The standard InChI is InChI=1S/C21H22N2O2/c1-25-20-11-9-17(10-12-20)19-4-2-3-13-23(15-19)21(24)18-7-5-16(14-22)6-8-18/h5-12,19H,2-4,13,15H2,1H3. The number of hydrogen-bond donors (Lipinski definition) is 0. The number of methoxy groups -OCH3 is 1. The predicted octanol–water partition coefficient (Wildman–Crippen LogP) is 3.98. The Hall–Kier alpha value is -2.80. The molecule has 2 aromatic rings. The van der Waals surface area contributed by atoms with Gasteiger partial charge in [-0.25, -0.2) is 0 Å². The zero-order valence-electron chi connectivity index (χ0n) is 14.4. The lowest BCUT2D eigenvalue weighted by Crippen LogP contribution is -2.34. The molecule has 1 amide bonds. The second kappa shape index (κ2) is 7.85. The van der Waals surface area contributed by atoms with Crippen LogP contribution < -0.4 is 4.74 Å². The van der Waals surface area contributed by atoms with Gasteiger partial charge in [0.05, 0.1) is 18.7 Å². The zero-order chi connectivity index (χ0) is 17.6. The van der Waals surface area contributed by atoms with Crippen molar-refractivity contribution in [3.63, 3.8) is 0 Å². The summed E-state index contributed by atoms with van der Waals surface area (Å²) in [6.45, 7) is 1.51. The predicted molar refractivity (Wildman–Crippen MR) is 96.6 cm³/mol. The summed E-state index contributed by atoms with van der Waals surface area (Å²) in [5, 5.41) is 8.90. The Kier molecular flexibility index (Phi) is 5.35. The van der Waals surface area contributed by atoms with E-state index in [1.807, 2.05) is 17.0 Å². The summed E-state index contributed by atoms with van der Waals surface area (Å²) in [7, 11) is 1.67. The largest absolute Gasteiger partial charge is 0.497 e. The van der Waals surface area contributed by atoms with Crippen LogP contribution in [0.25, 0.3) is 0 Å². The van der Waals surface area contributed by atoms with Crippen molar-refractivity contribution in [3.8, 4) is 11.8 Å². The molecule has 1 heterocycles. The zero-order valence-corrected chi connectivity index (χ0v) is 14.4. The lowest BCUT2D eigenvalue weighted by molar-refractivity contribution is 0.0754. The summed E-state index contributed by atoms with van der Waals surface area (Å²) < 4.78 is 5.23. The number of benzene rings is 2. The van der Waals surface area contributed by atoms with E-state index in [9.17, 15) is 4.79 Å². The average Bonchev–Trinajstić information content (AvgIpc) is 2.94. The first kappa shape index (κ1) is 17.0. The third-order valence-electron chi connectivity index (χ3n) is 4.81. The van der Waals surface area contributed by atoms with Crippen LogP contribution in [0.1, 0.15) is 46.7 Å². The highest BCUT2D eigenvalue weighted by Crippen LogP contribution is 2.28. The molecule has 1 atom stereocenters. The van der Waals surface area contributed by atoms with Crippen LogP contribution in [-0.2, 0) is 0 Å². The van der Waals surface area contributed by atoms with E-state index >= 15 is 0 Å². The number of carbonyl (C=O) groups excluding carboxylic acids is 1. The van der Waals surface area contributed by atoms with E-state index in [0.29, 0.717) is 17.0 Å². The molecule has 25 heavy (non-hydrogen) atoms. The molecule has 0 bridgehead atoms. The topological polar surface area (TPSA) is 53.3 Å². The van der Waals surface area contributed by atoms with Crippen molar-refractivity contribution in [2.24, 2.45) is 0 Å². The van der Waals surface area contributed by atoms with Crippen LogP contribution in [0.15, 0.2) is 48.5 Å². The van der Waals surface area contributed by atoms with E-state index in [0.717, 1.165) is 38.1 Å². The average molecular weight is 334 g/mol. The minimum Gasteiger partial charge on any atom is -0.497 e. The molecule has 1 unspecified atom stereocenters. The molecular formula is C21H22N2O2. The van der Waals surface area contributed by atoms with Gasteiger partial charge >= 0.3 is 0 Å². The van der Waals surface area contributed by atoms with Crippen LogP contribution in [0.5, 0.6) is 5.75 Å². The molecule has 0 spiro atoms. The van der Waals surface area contributed by atoms with Crippen LogP contribution in [0.3, 0.4) is 0 Å². The number of nitrogens with zero attached hydrogens (tertiary/aromatic N) is 2. The van der Waals surface area contributed by atoms with Crippen LogP contribution in [0, 0.1) is 11.3 Å². The molecule has 1 aliphatic rings. The second-order valence-electron chi connectivity index (χ2n) is 6.41. The van der Waals surface area contributed by atoms with Gasteiger partial charge in [-0.2, -0.15) is 5.26 Å². The summed E-state index contributed by atoms with van der Waals surface area (Å²) in [4.78, 5) is 14.8. The number of rotatable bonds is 3. The maximum atomic E-state index is 12.9. The molecule has 0 N–H and O–H groups in total. The van der Waals surface area contributed by atoms with Crippen molar-refractivity contribution in [2.45, 2.75) is 25.2 Å². The third-order valence-corrected chi connectivity index (χ3v) is 4.81. The Bertz CT molecular complexity index is 760. The highest BCUT2D eigenvalue weighted by Gasteiger charge is 2.24. The van der Waals surface area contributed by atoms with Gasteiger partial charge in [0.15, 0.2) is 0 Å². The Balaban J connectivity index is 1.76. The van der Waals surface area contributed by atoms with E-state index in [1.165, 1.54) is 5.56 Å². The Morgan fingerprint density at radius 3 is 2.48 bits per heavy atom. The van der Waals surface area contributed by atoms with Crippen LogP contribution in [-0.4, -0.2) is 31.0 Å². The maximum Gasteiger partial charge on any atom is 0.253 e. The minimum absolute atomic E-state index is 0.0462. The molecular weight excluding hydrogens is 312 g/mol. The van der Waals surface area contributed by atoms with Gasteiger partial charge in [-0.1, -0.05) is 18.6 Å². The van der Waals surface area contributed by atoms with Gasteiger partial charge in [0, 0.05) is 24.6 Å². The highest BCUT2D eigenvalue weighted by molar-refractivity contribution is 5.94. The minimum atomic E-state index is 0.0462. The third kappa shape index (κ3) is 4.00. The maximum absolute atomic E-state index is 12.9. The number of likely N-dealkylation sites (tertiary alicyclic amines) is 1. The number of carbonyl (C=O) groups is 1. The monoisotopic (exact) mass is 334 g/mol. The number of ether oxygens (including phenoxy) is 1. The molecule has 0 aliphatic carbocycles. The fourth-order valence-electron chi connectivity index (χ4n) is 3.34. The van der Waals surface area contributed by atoms with Crippen LogP contribution >= 0.6 is 0 Å². The first-order valence-electron chi connectivity index (χ1n) is 8.64. The molecule has 128 valence electrons. The van der Waals surface area contributed by atoms with E-state index in [4.69, 9.17) is 10.00 Å². The quantitative estimate of drug-likeness (QED) is 0.853. The van der Waals surface area contributed by atoms with Crippen molar-refractivity contribution >= 4 is 5.91 Å². The Morgan fingerprint density at radius 2 is 1.84 bits per heavy atom. The van der Waals surface area contributed by atoms with Gasteiger partial charge in [-0.3, -0.25) is 4.79 Å². The van der Waals surface area contributed by atoms with Gasteiger partial charge in [0.1, 0.15) is 5.75 Å². The number of nitriles is 1. The normalized spacial score (nSPS) is 17.4. The summed E-state index contributed by atoms with van der Waals surface area (Å²) in [5.41, 5.74) is 2.47. The second-order valence-corrected chi connectivity index (χ2v) is 6.41.